The maximum absolute atomic E-state index is 5.86. The van der Waals surface area contributed by atoms with Gasteiger partial charge in [0.15, 0.2) is 0 Å². The minimum Gasteiger partial charge on any atom is -0.390 e. The Balaban J connectivity index is 2.59. The van der Waals surface area contributed by atoms with E-state index in [9.17, 15) is 0 Å². The summed E-state index contributed by atoms with van der Waals surface area (Å²) in [7, 11) is 0. The Morgan fingerprint density at radius 1 is 1.08 bits per heavy atom. The molecule has 2 aromatic rings. The van der Waals surface area contributed by atoms with E-state index in [1.54, 1.807) is 11.3 Å². The lowest BCUT2D eigenvalue weighted by Crippen LogP contribution is -1.85. The fourth-order valence-corrected chi connectivity index (χ4v) is 2.07. The van der Waals surface area contributed by atoms with Crippen LogP contribution in [0.3, 0.4) is 0 Å². The summed E-state index contributed by atoms with van der Waals surface area (Å²) in [6, 6.07) is 10.4. The van der Waals surface area contributed by atoms with Gasteiger partial charge in [-0.1, -0.05) is 24.3 Å². The number of nitrogens with two attached hydrogens (primary N) is 1. The van der Waals surface area contributed by atoms with Crippen LogP contribution in [0.1, 0.15) is 5.56 Å². The maximum Gasteiger partial charge on any atom is 0.0936 e. The highest BCUT2D eigenvalue weighted by Crippen LogP contribution is 2.32. The van der Waals surface area contributed by atoms with Crippen LogP contribution in [0.5, 0.6) is 0 Å². The van der Waals surface area contributed by atoms with E-state index in [0.29, 0.717) is 0 Å². The molecule has 66 valence electrons. The molecule has 2 N–H and O–H groups in total. The fraction of sp³-hybridized carbons (Fsp3) is 0.0909. The summed E-state index contributed by atoms with van der Waals surface area (Å²) in [5.74, 6) is 0. The van der Waals surface area contributed by atoms with Crippen LogP contribution in [-0.2, 0) is 0 Å². The topological polar surface area (TPSA) is 26.0 Å². The molecule has 0 aliphatic carbocycles. The van der Waals surface area contributed by atoms with Crippen LogP contribution in [0.2, 0.25) is 0 Å². The summed E-state index contributed by atoms with van der Waals surface area (Å²) in [5.41, 5.74) is 9.52. The third kappa shape index (κ3) is 1.45. The summed E-state index contributed by atoms with van der Waals surface area (Å²) in [6.07, 6.45) is 0. The number of hydrogen-bond donors (Lipinski definition) is 1. The number of nitrogen functional groups attached to an aromatic ring is 1. The molecule has 0 saturated heterocycles. The average Bonchev–Trinajstić information content (AvgIpc) is 2.52. The molecule has 0 aliphatic heterocycles. The van der Waals surface area contributed by atoms with Crippen LogP contribution >= 0.6 is 11.3 Å². The number of benzene rings is 1. The smallest absolute Gasteiger partial charge is 0.0936 e. The van der Waals surface area contributed by atoms with Crippen LogP contribution in [0.15, 0.2) is 35.7 Å². The average molecular weight is 189 g/mol. The molecule has 0 unspecified atom stereocenters. The molecular formula is C11H11NS. The van der Waals surface area contributed by atoms with Gasteiger partial charge in [0.2, 0.25) is 0 Å². The molecule has 0 amide bonds. The molecule has 1 nitrogen and oxygen atoms in total. The zero-order chi connectivity index (χ0) is 9.26. The second-order valence-corrected chi connectivity index (χ2v) is 3.96. The first-order chi connectivity index (χ1) is 6.29. The Morgan fingerprint density at radius 3 is 2.46 bits per heavy atom. The minimum absolute atomic E-state index is 0.898. The first-order valence-electron chi connectivity index (χ1n) is 4.18. The van der Waals surface area contributed by atoms with Crippen LogP contribution in [0, 0.1) is 6.92 Å². The summed E-state index contributed by atoms with van der Waals surface area (Å²) in [5, 5.41) is 2.92. The molecule has 0 spiro atoms. The van der Waals surface area contributed by atoms with E-state index >= 15 is 0 Å². The van der Waals surface area contributed by atoms with Crippen molar-refractivity contribution in [3.05, 3.63) is 41.3 Å². The van der Waals surface area contributed by atoms with E-state index in [-0.39, 0.29) is 0 Å². The summed E-state index contributed by atoms with van der Waals surface area (Å²) < 4.78 is 0. The Labute approximate surface area is 81.8 Å². The van der Waals surface area contributed by atoms with Gasteiger partial charge in [0, 0.05) is 5.56 Å². The molecule has 13 heavy (non-hydrogen) atoms. The molecule has 1 aromatic heterocycles. The first kappa shape index (κ1) is 8.32. The van der Waals surface area contributed by atoms with Crippen molar-refractivity contribution >= 4 is 16.3 Å². The van der Waals surface area contributed by atoms with Crippen molar-refractivity contribution in [2.24, 2.45) is 0 Å². The Hall–Kier alpha value is -1.28. The van der Waals surface area contributed by atoms with Gasteiger partial charge in [-0.2, -0.15) is 0 Å². The Kier molecular flexibility index (Phi) is 2.07. The van der Waals surface area contributed by atoms with Gasteiger partial charge in [-0.15, -0.1) is 11.3 Å². The molecule has 0 atom stereocenters. The first-order valence-corrected chi connectivity index (χ1v) is 5.06. The van der Waals surface area contributed by atoms with Gasteiger partial charge in [-0.3, -0.25) is 0 Å². The van der Waals surface area contributed by atoms with Crippen molar-refractivity contribution in [3.63, 3.8) is 0 Å². The molecule has 0 fully saturated rings. The number of rotatable bonds is 1. The van der Waals surface area contributed by atoms with Crippen molar-refractivity contribution in [1.82, 2.24) is 0 Å². The number of aryl methyl sites for hydroxylation is 1. The Morgan fingerprint density at radius 2 is 1.85 bits per heavy atom. The van der Waals surface area contributed by atoms with Gasteiger partial charge in [0.05, 0.1) is 5.00 Å². The van der Waals surface area contributed by atoms with Crippen LogP contribution in [0.4, 0.5) is 5.00 Å². The molecule has 1 heterocycles. The van der Waals surface area contributed by atoms with Crippen molar-refractivity contribution in [3.8, 4) is 11.1 Å². The van der Waals surface area contributed by atoms with Crippen molar-refractivity contribution in [2.75, 3.05) is 5.73 Å². The zero-order valence-electron chi connectivity index (χ0n) is 7.45. The molecule has 0 radical (unpaired) electrons. The number of thiophene rings is 1. The SMILES string of the molecule is Cc1ccccc1-c1ccsc1N. The summed E-state index contributed by atoms with van der Waals surface area (Å²) >= 11 is 1.59. The third-order valence-corrected chi connectivity index (χ3v) is 2.88. The standard InChI is InChI=1S/C11H11NS/c1-8-4-2-3-5-9(8)10-6-7-13-11(10)12/h2-7H,12H2,1H3. The summed E-state index contributed by atoms with van der Waals surface area (Å²) in [4.78, 5) is 0. The second kappa shape index (κ2) is 3.23. The fourth-order valence-electron chi connectivity index (χ4n) is 1.42. The van der Waals surface area contributed by atoms with Crippen LogP contribution in [-0.4, -0.2) is 0 Å². The van der Waals surface area contributed by atoms with E-state index < -0.39 is 0 Å². The quantitative estimate of drug-likeness (QED) is 0.731. The predicted octanol–water partition coefficient (Wildman–Crippen LogP) is 3.31. The lowest BCUT2D eigenvalue weighted by atomic mass is 10.0. The van der Waals surface area contributed by atoms with E-state index in [0.717, 1.165) is 10.6 Å². The van der Waals surface area contributed by atoms with Crippen molar-refractivity contribution < 1.29 is 0 Å². The third-order valence-electron chi connectivity index (χ3n) is 2.13. The maximum atomic E-state index is 5.86. The largest absolute Gasteiger partial charge is 0.390 e. The highest BCUT2D eigenvalue weighted by atomic mass is 32.1. The van der Waals surface area contributed by atoms with E-state index in [1.807, 2.05) is 17.5 Å². The van der Waals surface area contributed by atoms with Gasteiger partial charge in [-0.05, 0) is 29.5 Å². The second-order valence-electron chi connectivity index (χ2n) is 3.01. The number of hydrogen-bond acceptors (Lipinski definition) is 2. The predicted molar refractivity (Wildman–Crippen MR) is 58.9 cm³/mol. The molecule has 2 rings (SSSR count). The van der Waals surface area contributed by atoms with Gasteiger partial charge in [-0.25, -0.2) is 0 Å². The molecule has 0 saturated carbocycles. The monoisotopic (exact) mass is 189 g/mol. The molecule has 2 heteroatoms. The van der Waals surface area contributed by atoms with E-state index in [2.05, 4.69) is 25.1 Å². The van der Waals surface area contributed by atoms with Gasteiger partial charge < -0.3 is 5.73 Å². The van der Waals surface area contributed by atoms with Gasteiger partial charge >= 0.3 is 0 Å². The van der Waals surface area contributed by atoms with Crippen LogP contribution in [0.25, 0.3) is 11.1 Å². The minimum atomic E-state index is 0.898. The summed E-state index contributed by atoms with van der Waals surface area (Å²) in [6.45, 7) is 2.10. The Bertz CT molecular complexity index is 418. The van der Waals surface area contributed by atoms with E-state index in [4.69, 9.17) is 5.73 Å². The number of anilines is 1. The molecule has 0 aliphatic rings. The normalized spacial score (nSPS) is 10.2. The highest BCUT2D eigenvalue weighted by Gasteiger charge is 2.04. The van der Waals surface area contributed by atoms with Crippen molar-refractivity contribution in [2.45, 2.75) is 6.92 Å². The zero-order valence-corrected chi connectivity index (χ0v) is 8.27. The van der Waals surface area contributed by atoms with Crippen LogP contribution < -0.4 is 5.73 Å². The van der Waals surface area contributed by atoms with Crippen molar-refractivity contribution in [1.29, 1.82) is 0 Å². The molecule has 1 aromatic carbocycles. The lowest BCUT2D eigenvalue weighted by Gasteiger charge is -2.03. The highest BCUT2D eigenvalue weighted by molar-refractivity contribution is 7.14. The molecular weight excluding hydrogens is 178 g/mol. The lowest BCUT2D eigenvalue weighted by molar-refractivity contribution is 1.47. The van der Waals surface area contributed by atoms with E-state index in [1.165, 1.54) is 11.1 Å². The van der Waals surface area contributed by atoms with Gasteiger partial charge in [0.25, 0.3) is 0 Å². The molecule has 0 bridgehead atoms. The van der Waals surface area contributed by atoms with Gasteiger partial charge in [0.1, 0.15) is 0 Å².